The van der Waals surface area contributed by atoms with Gasteiger partial charge in [-0.15, -0.1) is 0 Å². The van der Waals surface area contributed by atoms with Crippen molar-refractivity contribution < 1.29 is 4.52 Å². The molecule has 1 heterocycles. The highest BCUT2D eigenvalue weighted by Crippen LogP contribution is 2.40. The van der Waals surface area contributed by atoms with Crippen LogP contribution in [-0.2, 0) is 0 Å². The van der Waals surface area contributed by atoms with E-state index in [0.29, 0.717) is 0 Å². The number of aromatic nitrogens is 1. The van der Waals surface area contributed by atoms with Crippen molar-refractivity contribution in [3.05, 3.63) is 41.7 Å². The van der Waals surface area contributed by atoms with Crippen molar-refractivity contribution in [2.45, 2.75) is 44.6 Å². The maximum atomic E-state index is 6.04. The molecule has 1 fully saturated rings. The summed E-state index contributed by atoms with van der Waals surface area (Å²) in [4.78, 5) is 0. The molecule has 3 heteroatoms. The molecule has 1 aromatic carbocycles. The smallest absolute Gasteiger partial charge is 0.154 e. The Bertz CT molecular complexity index is 540. The minimum Gasteiger partial charge on any atom is -0.359 e. The topological polar surface area (TPSA) is 52.0 Å². The molecule has 3 nitrogen and oxygen atoms in total. The van der Waals surface area contributed by atoms with E-state index >= 15 is 0 Å². The molecule has 2 aromatic rings. The molecule has 3 rings (SSSR count). The van der Waals surface area contributed by atoms with Crippen LogP contribution in [0.15, 0.2) is 34.9 Å². The summed E-state index contributed by atoms with van der Waals surface area (Å²) >= 11 is 0. The molecule has 0 bridgehead atoms. The second-order valence-corrected chi connectivity index (χ2v) is 5.41. The second-order valence-electron chi connectivity index (χ2n) is 5.41. The van der Waals surface area contributed by atoms with Crippen molar-refractivity contribution in [1.82, 2.24) is 5.16 Å². The lowest BCUT2D eigenvalue weighted by molar-refractivity contribution is 0.356. The fraction of sp³-hybridized carbons (Fsp3) is 0.438. The van der Waals surface area contributed by atoms with Crippen LogP contribution in [0, 0.1) is 0 Å². The molecule has 0 saturated heterocycles. The van der Waals surface area contributed by atoms with Gasteiger partial charge >= 0.3 is 0 Å². The van der Waals surface area contributed by atoms with E-state index in [0.717, 1.165) is 35.8 Å². The van der Waals surface area contributed by atoms with Crippen molar-refractivity contribution in [3.63, 3.8) is 0 Å². The van der Waals surface area contributed by atoms with Gasteiger partial charge in [-0.2, -0.15) is 0 Å². The van der Waals surface area contributed by atoms with Crippen LogP contribution in [0.4, 0.5) is 0 Å². The summed E-state index contributed by atoms with van der Waals surface area (Å²) in [5.74, 6) is 1.57. The highest BCUT2D eigenvalue weighted by Gasteiger charge is 2.23. The van der Waals surface area contributed by atoms with Gasteiger partial charge in [-0.05, 0) is 30.7 Å². The SMILES string of the molecule is CCCC(N)c1cc(-c2ccc(C3CC3)cc2)no1. The molecule has 0 spiro atoms. The fourth-order valence-electron chi connectivity index (χ4n) is 2.40. The van der Waals surface area contributed by atoms with Gasteiger partial charge in [0.05, 0.1) is 6.04 Å². The van der Waals surface area contributed by atoms with Crippen LogP contribution in [0.25, 0.3) is 11.3 Å². The summed E-state index contributed by atoms with van der Waals surface area (Å²) in [6, 6.07) is 10.6. The quantitative estimate of drug-likeness (QED) is 0.879. The van der Waals surface area contributed by atoms with Gasteiger partial charge in [0.15, 0.2) is 5.76 Å². The first-order valence-electron chi connectivity index (χ1n) is 7.10. The maximum Gasteiger partial charge on any atom is 0.154 e. The summed E-state index contributed by atoms with van der Waals surface area (Å²) in [7, 11) is 0. The van der Waals surface area contributed by atoms with Crippen molar-refractivity contribution >= 4 is 0 Å². The predicted octanol–water partition coefficient (Wildman–Crippen LogP) is 4.02. The van der Waals surface area contributed by atoms with E-state index in [1.807, 2.05) is 6.07 Å². The van der Waals surface area contributed by atoms with Gasteiger partial charge in [-0.3, -0.25) is 0 Å². The predicted molar refractivity (Wildman–Crippen MR) is 75.8 cm³/mol. The minimum atomic E-state index is -0.0445. The summed E-state index contributed by atoms with van der Waals surface area (Å²) < 4.78 is 5.35. The highest BCUT2D eigenvalue weighted by atomic mass is 16.5. The Morgan fingerprint density at radius 3 is 2.68 bits per heavy atom. The number of hydrogen-bond donors (Lipinski definition) is 1. The third-order valence-electron chi connectivity index (χ3n) is 3.75. The molecule has 1 atom stereocenters. The monoisotopic (exact) mass is 256 g/mol. The van der Waals surface area contributed by atoms with Crippen LogP contribution >= 0.6 is 0 Å². The molecule has 1 aliphatic rings. The number of benzene rings is 1. The van der Waals surface area contributed by atoms with Gasteiger partial charge in [-0.25, -0.2) is 0 Å². The van der Waals surface area contributed by atoms with E-state index in [9.17, 15) is 0 Å². The fourth-order valence-corrected chi connectivity index (χ4v) is 2.40. The molecule has 1 aliphatic carbocycles. The lowest BCUT2D eigenvalue weighted by Crippen LogP contribution is -2.08. The van der Waals surface area contributed by atoms with Crippen LogP contribution in [-0.4, -0.2) is 5.16 Å². The lowest BCUT2D eigenvalue weighted by Gasteiger charge is -2.03. The molecule has 100 valence electrons. The summed E-state index contributed by atoms with van der Waals surface area (Å²) in [6.45, 7) is 2.12. The summed E-state index contributed by atoms with van der Waals surface area (Å²) in [6.07, 6.45) is 4.64. The van der Waals surface area contributed by atoms with E-state index in [4.69, 9.17) is 10.3 Å². The zero-order valence-corrected chi connectivity index (χ0v) is 11.3. The first-order chi connectivity index (χ1) is 9.28. The van der Waals surface area contributed by atoms with Gasteiger partial charge in [0.1, 0.15) is 5.69 Å². The number of hydrogen-bond acceptors (Lipinski definition) is 3. The molecule has 19 heavy (non-hydrogen) atoms. The molecule has 0 aliphatic heterocycles. The van der Waals surface area contributed by atoms with Crippen LogP contribution in [0.1, 0.15) is 55.9 Å². The average Bonchev–Trinajstić information content (AvgIpc) is 3.16. The molecule has 1 saturated carbocycles. The molecule has 1 aromatic heterocycles. The Morgan fingerprint density at radius 2 is 2.05 bits per heavy atom. The number of nitrogens with two attached hydrogens (primary N) is 1. The Hall–Kier alpha value is -1.61. The third-order valence-corrected chi connectivity index (χ3v) is 3.75. The van der Waals surface area contributed by atoms with E-state index in [1.165, 1.54) is 18.4 Å². The minimum absolute atomic E-state index is 0.0445. The number of nitrogens with zero attached hydrogens (tertiary/aromatic N) is 1. The van der Waals surface area contributed by atoms with Gasteiger partial charge in [0, 0.05) is 11.6 Å². The molecule has 0 radical (unpaired) electrons. The highest BCUT2D eigenvalue weighted by molar-refractivity contribution is 5.59. The van der Waals surface area contributed by atoms with E-state index in [1.54, 1.807) is 0 Å². The van der Waals surface area contributed by atoms with Crippen molar-refractivity contribution in [1.29, 1.82) is 0 Å². The molecular weight excluding hydrogens is 236 g/mol. The Morgan fingerprint density at radius 1 is 1.32 bits per heavy atom. The van der Waals surface area contributed by atoms with Gasteiger partial charge in [-0.1, -0.05) is 42.8 Å². The van der Waals surface area contributed by atoms with Crippen molar-refractivity contribution in [2.75, 3.05) is 0 Å². The standard InChI is InChI=1S/C16H20N2O/c1-2-3-14(17)16-10-15(18-19-16)13-8-6-12(7-9-13)11-4-5-11/h6-11,14H,2-5,17H2,1H3. The van der Waals surface area contributed by atoms with Crippen LogP contribution in [0.3, 0.4) is 0 Å². The summed E-state index contributed by atoms with van der Waals surface area (Å²) in [5.41, 5.74) is 9.45. The zero-order chi connectivity index (χ0) is 13.2. The Labute approximate surface area is 113 Å². The second kappa shape index (κ2) is 5.17. The van der Waals surface area contributed by atoms with Crippen LogP contribution < -0.4 is 5.73 Å². The largest absolute Gasteiger partial charge is 0.359 e. The summed E-state index contributed by atoms with van der Waals surface area (Å²) in [5, 5.41) is 4.12. The lowest BCUT2D eigenvalue weighted by atomic mass is 10.0. The van der Waals surface area contributed by atoms with E-state index in [2.05, 4.69) is 36.3 Å². The molecule has 1 unspecified atom stereocenters. The van der Waals surface area contributed by atoms with Crippen LogP contribution in [0.2, 0.25) is 0 Å². The third kappa shape index (κ3) is 2.71. The van der Waals surface area contributed by atoms with Crippen molar-refractivity contribution in [2.24, 2.45) is 5.73 Å². The Balaban J connectivity index is 1.77. The van der Waals surface area contributed by atoms with Gasteiger partial charge < -0.3 is 10.3 Å². The molecule has 2 N–H and O–H groups in total. The maximum absolute atomic E-state index is 6.04. The van der Waals surface area contributed by atoms with Gasteiger partial charge in [0.25, 0.3) is 0 Å². The normalized spacial score (nSPS) is 16.5. The van der Waals surface area contributed by atoms with Crippen molar-refractivity contribution in [3.8, 4) is 11.3 Å². The first kappa shape index (κ1) is 12.4. The van der Waals surface area contributed by atoms with E-state index in [-0.39, 0.29) is 6.04 Å². The van der Waals surface area contributed by atoms with Gasteiger partial charge in [0.2, 0.25) is 0 Å². The number of rotatable bonds is 5. The van der Waals surface area contributed by atoms with E-state index < -0.39 is 0 Å². The molecular formula is C16H20N2O. The molecule has 0 amide bonds. The first-order valence-corrected chi connectivity index (χ1v) is 7.10. The van der Waals surface area contributed by atoms with Crippen LogP contribution in [0.5, 0.6) is 0 Å². The zero-order valence-electron chi connectivity index (χ0n) is 11.3. The Kier molecular flexibility index (Phi) is 3.38. The average molecular weight is 256 g/mol.